The highest BCUT2D eigenvalue weighted by atomic mass is 35.5. The molecule has 0 spiro atoms. The van der Waals surface area contributed by atoms with Crippen LogP contribution in [-0.2, 0) is 0 Å². The average molecular weight is 315 g/mol. The summed E-state index contributed by atoms with van der Waals surface area (Å²) in [6, 6.07) is 8.65. The minimum atomic E-state index is -1.50. The van der Waals surface area contributed by atoms with Crippen molar-refractivity contribution in [1.29, 1.82) is 0 Å². The van der Waals surface area contributed by atoms with E-state index in [-0.39, 0.29) is 11.7 Å². The second kappa shape index (κ2) is 6.39. The van der Waals surface area contributed by atoms with E-state index in [1.165, 1.54) is 0 Å². The molecule has 2 aromatic rings. The van der Waals surface area contributed by atoms with Gasteiger partial charge in [0.2, 0.25) is 0 Å². The topological polar surface area (TPSA) is 9.23 Å². The minimum absolute atomic E-state index is 0.0444. The number of hydrogen-bond acceptors (Lipinski definition) is 1. The normalized spacial score (nSPS) is 12.5. The molecule has 1 atom stereocenters. The Morgan fingerprint density at radius 1 is 0.905 bits per heavy atom. The fourth-order valence-corrected chi connectivity index (χ4v) is 2.17. The lowest BCUT2D eigenvalue weighted by atomic mass is 10.0. The highest BCUT2D eigenvalue weighted by Crippen LogP contribution is 2.31. The molecule has 0 aliphatic carbocycles. The molecule has 0 bridgehead atoms. The zero-order valence-electron chi connectivity index (χ0n) is 11.5. The lowest BCUT2D eigenvalue weighted by Gasteiger charge is -2.13. The molecule has 0 saturated carbocycles. The van der Waals surface area contributed by atoms with Gasteiger partial charge in [-0.2, -0.15) is 0 Å². The molecule has 0 aliphatic heterocycles. The van der Waals surface area contributed by atoms with Crippen molar-refractivity contribution in [3.63, 3.8) is 0 Å². The molecule has 0 aromatic heterocycles. The van der Waals surface area contributed by atoms with Crippen molar-refractivity contribution in [2.24, 2.45) is 0 Å². The third-order valence-electron chi connectivity index (χ3n) is 2.84. The Bertz CT molecular complexity index is 603. The second-order valence-corrected chi connectivity index (χ2v) is 5.33. The Morgan fingerprint density at radius 3 is 1.90 bits per heavy atom. The lowest BCUT2D eigenvalue weighted by molar-refractivity contribution is 0.242. The Hall–Kier alpha value is -1.68. The highest BCUT2D eigenvalue weighted by molar-refractivity contribution is 6.22. The number of alkyl halides is 1. The fraction of sp³-hybridized carbons (Fsp3) is 0.250. The predicted octanol–water partition coefficient (Wildman–Crippen LogP) is 5.22. The molecule has 5 heteroatoms. The van der Waals surface area contributed by atoms with Crippen LogP contribution in [0.3, 0.4) is 0 Å². The van der Waals surface area contributed by atoms with Gasteiger partial charge in [-0.15, -0.1) is 11.6 Å². The fourth-order valence-electron chi connectivity index (χ4n) is 1.90. The third kappa shape index (κ3) is 3.70. The molecule has 1 nitrogen and oxygen atoms in total. The van der Waals surface area contributed by atoms with E-state index in [2.05, 4.69) is 0 Å². The molecule has 0 heterocycles. The van der Waals surface area contributed by atoms with Crippen LogP contribution in [0.15, 0.2) is 36.4 Å². The first-order valence-corrected chi connectivity index (χ1v) is 6.87. The summed E-state index contributed by atoms with van der Waals surface area (Å²) in [5.41, 5.74) is 0.795. The average Bonchev–Trinajstić information content (AvgIpc) is 2.43. The van der Waals surface area contributed by atoms with Gasteiger partial charge >= 0.3 is 0 Å². The van der Waals surface area contributed by atoms with E-state index in [0.717, 1.165) is 12.1 Å². The van der Waals surface area contributed by atoms with Crippen molar-refractivity contribution in [2.45, 2.75) is 25.3 Å². The van der Waals surface area contributed by atoms with Gasteiger partial charge in [-0.1, -0.05) is 12.1 Å². The predicted molar refractivity (Wildman–Crippen MR) is 76.2 cm³/mol. The van der Waals surface area contributed by atoms with Gasteiger partial charge in [0.1, 0.15) is 5.75 Å². The third-order valence-corrected chi connectivity index (χ3v) is 3.35. The monoisotopic (exact) mass is 314 g/mol. The lowest BCUT2D eigenvalue weighted by Crippen LogP contribution is -2.05. The molecule has 1 unspecified atom stereocenters. The molecule has 0 radical (unpaired) electrons. The van der Waals surface area contributed by atoms with Crippen LogP contribution in [0.5, 0.6) is 5.75 Å². The summed E-state index contributed by atoms with van der Waals surface area (Å²) in [4.78, 5) is 0. The van der Waals surface area contributed by atoms with Crippen LogP contribution < -0.4 is 4.74 Å². The summed E-state index contributed by atoms with van der Waals surface area (Å²) in [6.45, 7) is 3.81. The van der Waals surface area contributed by atoms with Crippen LogP contribution in [0.2, 0.25) is 0 Å². The van der Waals surface area contributed by atoms with Crippen molar-refractivity contribution in [3.8, 4) is 5.75 Å². The summed E-state index contributed by atoms with van der Waals surface area (Å²) in [7, 11) is 0. The second-order valence-electron chi connectivity index (χ2n) is 4.90. The van der Waals surface area contributed by atoms with Gasteiger partial charge in [0.25, 0.3) is 0 Å². The maximum atomic E-state index is 13.2. The Kier molecular flexibility index (Phi) is 4.78. The molecule has 0 N–H and O–H groups in total. The van der Waals surface area contributed by atoms with Crippen LogP contribution in [0.4, 0.5) is 13.2 Å². The van der Waals surface area contributed by atoms with E-state index in [9.17, 15) is 13.2 Å². The molecule has 0 saturated heterocycles. The molecule has 112 valence electrons. The summed E-state index contributed by atoms with van der Waals surface area (Å²) in [5, 5.41) is -0.775. The van der Waals surface area contributed by atoms with E-state index in [1.807, 2.05) is 13.8 Å². The van der Waals surface area contributed by atoms with Crippen LogP contribution in [0.25, 0.3) is 0 Å². The van der Waals surface area contributed by atoms with Crippen LogP contribution in [0, 0.1) is 17.5 Å². The number of hydrogen-bond donors (Lipinski definition) is 0. The van der Waals surface area contributed by atoms with E-state index in [0.29, 0.717) is 11.3 Å². The summed E-state index contributed by atoms with van der Waals surface area (Å²) < 4.78 is 44.9. The quantitative estimate of drug-likeness (QED) is 0.555. The van der Waals surface area contributed by atoms with Gasteiger partial charge in [-0.3, -0.25) is 0 Å². The number of rotatable bonds is 4. The molecular formula is C16H14ClF3O. The van der Waals surface area contributed by atoms with E-state index in [1.54, 1.807) is 24.3 Å². The van der Waals surface area contributed by atoms with Crippen molar-refractivity contribution < 1.29 is 17.9 Å². The van der Waals surface area contributed by atoms with Gasteiger partial charge in [-0.25, -0.2) is 13.2 Å². The van der Waals surface area contributed by atoms with Crippen molar-refractivity contribution in [1.82, 2.24) is 0 Å². The molecular weight excluding hydrogens is 301 g/mol. The summed E-state index contributed by atoms with van der Waals surface area (Å²) in [5.74, 6) is -3.33. The van der Waals surface area contributed by atoms with Gasteiger partial charge in [0.05, 0.1) is 11.5 Å². The first-order valence-electron chi connectivity index (χ1n) is 6.43. The summed E-state index contributed by atoms with van der Waals surface area (Å²) >= 11 is 6.19. The number of ether oxygens (including phenoxy) is 1. The SMILES string of the molecule is CC(C)Oc1ccc(C(Cl)c2cc(F)c(F)c(F)c2)cc1. The van der Waals surface area contributed by atoms with Crippen molar-refractivity contribution in [2.75, 3.05) is 0 Å². The van der Waals surface area contributed by atoms with Crippen LogP contribution in [0.1, 0.15) is 30.4 Å². The van der Waals surface area contributed by atoms with E-state index in [4.69, 9.17) is 16.3 Å². The zero-order chi connectivity index (χ0) is 15.6. The smallest absolute Gasteiger partial charge is 0.194 e. The van der Waals surface area contributed by atoms with Gasteiger partial charge < -0.3 is 4.74 Å². The van der Waals surface area contributed by atoms with Gasteiger partial charge in [0.15, 0.2) is 17.5 Å². The Balaban J connectivity index is 2.25. The summed E-state index contributed by atoms with van der Waals surface area (Å²) in [6.07, 6.45) is 0.0444. The van der Waals surface area contributed by atoms with Crippen LogP contribution in [-0.4, -0.2) is 6.10 Å². The van der Waals surface area contributed by atoms with Crippen molar-refractivity contribution in [3.05, 3.63) is 65.0 Å². The maximum Gasteiger partial charge on any atom is 0.194 e. The van der Waals surface area contributed by atoms with Gasteiger partial charge in [-0.05, 0) is 49.2 Å². The van der Waals surface area contributed by atoms with Gasteiger partial charge in [0, 0.05) is 0 Å². The maximum absolute atomic E-state index is 13.2. The molecule has 2 rings (SSSR count). The molecule has 0 aliphatic rings. The molecule has 0 amide bonds. The molecule has 0 fully saturated rings. The number of halogens is 4. The molecule has 2 aromatic carbocycles. The zero-order valence-corrected chi connectivity index (χ0v) is 12.3. The highest BCUT2D eigenvalue weighted by Gasteiger charge is 2.17. The first-order chi connectivity index (χ1) is 9.88. The van der Waals surface area contributed by atoms with Crippen LogP contribution >= 0.6 is 11.6 Å². The standard InChI is InChI=1S/C16H14ClF3O/c1-9(2)21-12-5-3-10(4-6-12)15(17)11-7-13(18)16(20)14(19)8-11/h3-9,15H,1-2H3. The first kappa shape index (κ1) is 15.7. The van der Waals surface area contributed by atoms with E-state index >= 15 is 0 Å². The largest absolute Gasteiger partial charge is 0.491 e. The minimum Gasteiger partial charge on any atom is -0.491 e. The molecule has 21 heavy (non-hydrogen) atoms. The Morgan fingerprint density at radius 2 is 1.43 bits per heavy atom. The number of benzene rings is 2. The Labute approximate surface area is 126 Å². The van der Waals surface area contributed by atoms with Crippen molar-refractivity contribution >= 4 is 11.6 Å². The van der Waals surface area contributed by atoms with E-state index < -0.39 is 22.8 Å².